The first kappa shape index (κ1) is 14.8. The summed E-state index contributed by atoms with van der Waals surface area (Å²) >= 11 is 3.45. The maximum Gasteiger partial charge on any atom is 0.0945 e. The number of halogens is 1. The van der Waals surface area contributed by atoms with Crippen LogP contribution in [-0.4, -0.2) is 36.0 Å². The summed E-state index contributed by atoms with van der Waals surface area (Å²) in [4.78, 5) is 4.35. The molecule has 1 atom stereocenters. The standard InChI is InChI=1S/C16H19BrN2O2/c17-12-3-4-14-15(5-6-18-16(14)7-12)19-8-13(20)10-21-9-11-1-2-11/h3-7,11,13,20H,1-2,8-10H2,(H,18,19)/t13-/m0/s1. The first-order valence-electron chi connectivity index (χ1n) is 7.26. The molecule has 21 heavy (non-hydrogen) atoms. The topological polar surface area (TPSA) is 54.4 Å². The molecule has 0 aliphatic heterocycles. The maximum atomic E-state index is 9.95. The second-order valence-corrected chi connectivity index (χ2v) is 6.45. The molecule has 5 heteroatoms. The van der Waals surface area contributed by atoms with E-state index in [1.165, 1.54) is 12.8 Å². The van der Waals surface area contributed by atoms with Crippen LogP contribution in [0.3, 0.4) is 0 Å². The van der Waals surface area contributed by atoms with Gasteiger partial charge in [0.15, 0.2) is 0 Å². The highest BCUT2D eigenvalue weighted by Gasteiger charge is 2.21. The Hall–Kier alpha value is -1.17. The molecule has 0 bridgehead atoms. The number of aliphatic hydroxyl groups excluding tert-OH is 1. The highest BCUT2D eigenvalue weighted by Crippen LogP contribution is 2.28. The molecule has 1 aliphatic rings. The van der Waals surface area contributed by atoms with Crippen LogP contribution in [0, 0.1) is 5.92 Å². The molecule has 1 aromatic carbocycles. The van der Waals surface area contributed by atoms with Gasteiger partial charge in [0.1, 0.15) is 0 Å². The van der Waals surface area contributed by atoms with E-state index in [0.29, 0.717) is 13.2 Å². The summed E-state index contributed by atoms with van der Waals surface area (Å²) in [5.41, 5.74) is 1.91. The fourth-order valence-electron chi connectivity index (χ4n) is 2.22. The lowest BCUT2D eigenvalue weighted by Gasteiger charge is -2.14. The average molecular weight is 351 g/mol. The molecule has 0 radical (unpaired) electrons. The Morgan fingerprint density at radius 1 is 1.38 bits per heavy atom. The van der Waals surface area contributed by atoms with E-state index >= 15 is 0 Å². The third-order valence-electron chi connectivity index (χ3n) is 3.59. The molecule has 2 aromatic rings. The SMILES string of the molecule is O[C@@H](CNc1ccnc2cc(Br)ccc12)COCC1CC1. The number of hydrogen-bond acceptors (Lipinski definition) is 4. The van der Waals surface area contributed by atoms with E-state index in [2.05, 4.69) is 26.2 Å². The minimum Gasteiger partial charge on any atom is -0.389 e. The molecule has 1 heterocycles. The summed E-state index contributed by atoms with van der Waals surface area (Å²) in [5.74, 6) is 0.729. The number of ether oxygens (including phenoxy) is 1. The van der Waals surface area contributed by atoms with Crippen molar-refractivity contribution in [3.05, 3.63) is 34.9 Å². The molecular weight excluding hydrogens is 332 g/mol. The van der Waals surface area contributed by atoms with Crippen molar-refractivity contribution >= 4 is 32.5 Å². The highest BCUT2D eigenvalue weighted by atomic mass is 79.9. The van der Waals surface area contributed by atoms with Crippen molar-refractivity contribution in [2.24, 2.45) is 5.92 Å². The molecule has 112 valence electrons. The fraction of sp³-hybridized carbons (Fsp3) is 0.438. The first-order chi connectivity index (χ1) is 10.2. The number of benzene rings is 1. The Labute approximate surface area is 132 Å². The van der Waals surface area contributed by atoms with Crippen LogP contribution in [0.5, 0.6) is 0 Å². The van der Waals surface area contributed by atoms with E-state index < -0.39 is 6.10 Å². The van der Waals surface area contributed by atoms with Crippen LogP contribution in [0.2, 0.25) is 0 Å². The lowest BCUT2D eigenvalue weighted by atomic mass is 10.2. The quantitative estimate of drug-likeness (QED) is 0.805. The minimum atomic E-state index is -0.498. The number of nitrogens with zero attached hydrogens (tertiary/aromatic N) is 1. The number of hydrogen-bond donors (Lipinski definition) is 2. The normalized spacial score (nSPS) is 16.1. The van der Waals surface area contributed by atoms with Crippen molar-refractivity contribution in [2.45, 2.75) is 18.9 Å². The third kappa shape index (κ3) is 4.15. The van der Waals surface area contributed by atoms with Crippen LogP contribution in [0.15, 0.2) is 34.9 Å². The fourth-order valence-corrected chi connectivity index (χ4v) is 2.57. The summed E-state index contributed by atoms with van der Waals surface area (Å²) in [6, 6.07) is 7.92. The molecule has 0 amide bonds. The summed E-state index contributed by atoms with van der Waals surface area (Å²) in [7, 11) is 0. The Kier molecular flexibility index (Phi) is 4.73. The van der Waals surface area contributed by atoms with E-state index in [4.69, 9.17) is 4.74 Å². The van der Waals surface area contributed by atoms with Crippen molar-refractivity contribution in [3.63, 3.8) is 0 Å². The molecule has 1 aliphatic carbocycles. The molecule has 3 rings (SSSR count). The largest absolute Gasteiger partial charge is 0.389 e. The van der Waals surface area contributed by atoms with Crippen molar-refractivity contribution in [1.82, 2.24) is 4.98 Å². The average Bonchev–Trinajstić information content (AvgIpc) is 3.29. The zero-order valence-corrected chi connectivity index (χ0v) is 13.3. The molecule has 0 saturated heterocycles. The number of aliphatic hydroxyl groups is 1. The molecule has 1 fully saturated rings. The van der Waals surface area contributed by atoms with E-state index in [9.17, 15) is 5.11 Å². The maximum absolute atomic E-state index is 9.95. The lowest BCUT2D eigenvalue weighted by Crippen LogP contribution is -2.25. The first-order valence-corrected chi connectivity index (χ1v) is 8.05. The summed E-state index contributed by atoms with van der Waals surface area (Å²) in [5, 5.41) is 14.3. The number of anilines is 1. The zero-order valence-electron chi connectivity index (χ0n) is 11.8. The van der Waals surface area contributed by atoms with E-state index in [0.717, 1.165) is 33.6 Å². The van der Waals surface area contributed by atoms with Gasteiger partial charge in [-0.2, -0.15) is 0 Å². The van der Waals surface area contributed by atoms with Crippen LogP contribution in [-0.2, 0) is 4.74 Å². The van der Waals surface area contributed by atoms with Crippen molar-refractivity contribution in [3.8, 4) is 0 Å². The third-order valence-corrected chi connectivity index (χ3v) is 4.09. The minimum absolute atomic E-state index is 0.387. The van der Waals surface area contributed by atoms with Crippen LogP contribution < -0.4 is 5.32 Å². The van der Waals surface area contributed by atoms with E-state index in [1.54, 1.807) is 6.20 Å². The zero-order chi connectivity index (χ0) is 14.7. The van der Waals surface area contributed by atoms with Gasteiger partial charge in [-0.25, -0.2) is 0 Å². The molecule has 2 N–H and O–H groups in total. The van der Waals surface area contributed by atoms with Crippen molar-refractivity contribution < 1.29 is 9.84 Å². The van der Waals surface area contributed by atoms with E-state index in [1.807, 2.05) is 24.3 Å². The Bertz CT molecular complexity index is 616. The molecule has 1 aromatic heterocycles. The van der Waals surface area contributed by atoms with Gasteiger partial charge in [-0.05, 0) is 43.0 Å². The van der Waals surface area contributed by atoms with Gasteiger partial charge >= 0.3 is 0 Å². The van der Waals surface area contributed by atoms with Crippen molar-refractivity contribution in [1.29, 1.82) is 0 Å². The van der Waals surface area contributed by atoms with Gasteiger partial charge in [0.25, 0.3) is 0 Å². The van der Waals surface area contributed by atoms with Crippen LogP contribution in [0.4, 0.5) is 5.69 Å². The van der Waals surface area contributed by atoms with Gasteiger partial charge in [-0.15, -0.1) is 0 Å². The molecular formula is C16H19BrN2O2. The predicted octanol–water partition coefficient (Wildman–Crippen LogP) is 3.20. The van der Waals surface area contributed by atoms with Gasteiger partial charge in [0.05, 0.1) is 18.2 Å². The molecule has 0 unspecified atom stereocenters. The van der Waals surface area contributed by atoms with Crippen LogP contribution in [0.25, 0.3) is 10.9 Å². The van der Waals surface area contributed by atoms with E-state index in [-0.39, 0.29) is 0 Å². The number of pyridine rings is 1. The monoisotopic (exact) mass is 350 g/mol. The van der Waals surface area contributed by atoms with Crippen LogP contribution in [0.1, 0.15) is 12.8 Å². The van der Waals surface area contributed by atoms with Gasteiger partial charge in [0, 0.05) is 34.9 Å². The molecule has 4 nitrogen and oxygen atoms in total. The number of rotatable bonds is 7. The van der Waals surface area contributed by atoms with Gasteiger partial charge < -0.3 is 15.2 Å². The highest BCUT2D eigenvalue weighted by molar-refractivity contribution is 9.10. The summed E-state index contributed by atoms with van der Waals surface area (Å²) < 4.78 is 6.51. The Balaban J connectivity index is 1.56. The van der Waals surface area contributed by atoms with Crippen LogP contribution >= 0.6 is 15.9 Å². The Morgan fingerprint density at radius 3 is 3.05 bits per heavy atom. The predicted molar refractivity (Wildman–Crippen MR) is 87.5 cm³/mol. The number of fused-ring (bicyclic) bond motifs is 1. The van der Waals surface area contributed by atoms with Crippen molar-refractivity contribution in [2.75, 3.05) is 25.1 Å². The second kappa shape index (κ2) is 6.73. The summed E-state index contributed by atoms with van der Waals surface area (Å²) in [6.07, 6.45) is 3.81. The van der Waals surface area contributed by atoms with Gasteiger partial charge in [-0.1, -0.05) is 15.9 Å². The summed E-state index contributed by atoms with van der Waals surface area (Å²) in [6.45, 7) is 1.64. The number of aromatic nitrogens is 1. The second-order valence-electron chi connectivity index (χ2n) is 5.54. The van der Waals surface area contributed by atoms with Gasteiger partial charge in [-0.3, -0.25) is 4.98 Å². The lowest BCUT2D eigenvalue weighted by molar-refractivity contribution is 0.0386. The van der Waals surface area contributed by atoms with Gasteiger partial charge in [0.2, 0.25) is 0 Å². The smallest absolute Gasteiger partial charge is 0.0945 e. The number of nitrogens with one attached hydrogen (secondary N) is 1. The molecule has 1 saturated carbocycles. The molecule has 0 spiro atoms. The Morgan fingerprint density at radius 2 is 2.24 bits per heavy atom.